The Morgan fingerprint density at radius 2 is 2.00 bits per heavy atom. The van der Waals surface area contributed by atoms with E-state index in [-0.39, 0.29) is 24.1 Å². The normalized spacial score (nSPS) is 12.1. The Labute approximate surface area is 180 Å². The number of aromatic nitrogens is 2. The maximum Gasteiger partial charge on any atom is 0.256 e. The van der Waals surface area contributed by atoms with E-state index >= 15 is 0 Å². The van der Waals surface area contributed by atoms with Crippen molar-refractivity contribution < 1.29 is 9.53 Å². The maximum absolute atomic E-state index is 12.9. The van der Waals surface area contributed by atoms with E-state index in [1.807, 2.05) is 27.7 Å². The zero-order valence-electron chi connectivity index (χ0n) is 17.9. The molecule has 0 aliphatic heterocycles. The van der Waals surface area contributed by atoms with Crippen LogP contribution >= 0.6 is 11.6 Å². The monoisotopic (exact) mass is 427 g/mol. The molecule has 0 bridgehead atoms. The number of nitrogens with one attached hydrogen (secondary N) is 2. The summed E-state index contributed by atoms with van der Waals surface area (Å²) in [6.07, 6.45) is 0.769. The van der Waals surface area contributed by atoms with E-state index in [2.05, 4.69) is 15.3 Å². The predicted molar refractivity (Wildman–Crippen MR) is 120 cm³/mol. The molecule has 0 aliphatic rings. The molecule has 0 radical (unpaired) electrons. The van der Waals surface area contributed by atoms with Crippen molar-refractivity contribution in [3.63, 3.8) is 0 Å². The highest BCUT2D eigenvalue weighted by Crippen LogP contribution is 2.27. The maximum atomic E-state index is 12.9. The zero-order chi connectivity index (χ0) is 22.0. The van der Waals surface area contributed by atoms with Crippen LogP contribution in [-0.4, -0.2) is 22.0 Å². The van der Waals surface area contributed by atoms with Gasteiger partial charge in [-0.3, -0.25) is 14.6 Å². The number of carbonyl (C=O) groups excluding carboxylic acids is 1. The molecule has 1 amide bonds. The van der Waals surface area contributed by atoms with Gasteiger partial charge in [0.25, 0.3) is 11.5 Å². The number of ether oxygens (including phenoxy) is 1. The number of hydrogen-bond donors (Lipinski definition) is 2. The van der Waals surface area contributed by atoms with E-state index in [0.29, 0.717) is 33.1 Å². The molecule has 0 spiro atoms. The number of rotatable bonds is 6. The summed E-state index contributed by atoms with van der Waals surface area (Å²) in [6, 6.07) is 7.10. The van der Waals surface area contributed by atoms with Gasteiger partial charge in [-0.05, 0) is 57.9 Å². The van der Waals surface area contributed by atoms with Gasteiger partial charge < -0.3 is 15.0 Å². The molecule has 1 aromatic carbocycles. The minimum absolute atomic E-state index is 0.0394. The van der Waals surface area contributed by atoms with Crippen molar-refractivity contribution in [1.29, 1.82) is 0 Å². The van der Waals surface area contributed by atoms with Gasteiger partial charge >= 0.3 is 0 Å². The summed E-state index contributed by atoms with van der Waals surface area (Å²) in [7, 11) is 0. The predicted octanol–water partition coefficient (Wildman–Crippen LogP) is 4.61. The third-order valence-corrected chi connectivity index (χ3v) is 5.43. The van der Waals surface area contributed by atoms with Crippen LogP contribution in [0, 0.1) is 20.8 Å². The SMILES string of the molecule is CCC(C)Oc1cc(C)[nH]c(=O)c1CNC(=O)c1ccc2c(Cl)cc(C)nc2c1C. The number of aromatic amines is 1. The van der Waals surface area contributed by atoms with Gasteiger partial charge in [-0.25, -0.2) is 0 Å². The fourth-order valence-corrected chi connectivity index (χ4v) is 3.59. The number of H-pyrrole nitrogens is 1. The van der Waals surface area contributed by atoms with Gasteiger partial charge in [0.15, 0.2) is 0 Å². The van der Waals surface area contributed by atoms with Gasteiger partial charge in [-0.1, -0.05) is 24.6 Å². The molecule has 1 unspecified atom stereocenters. The molecule has 3 aromatic rings. The number of pyridine rings is 2. The van der Waals surface area contributed by atoms with E-state index in [1.54, 1.807) is 31.2 Å². The van der Waals surface area contributed by atoms with Crippen LogP contribution < -0.4 is 15.6 Å². The minimum Gasteiger partial charge on any atom is -0.490 e. The van der Waals surface area contributed by atoms with Crippen molar-refractivity contribution in [2.45, 2.75) is 53.7 Å². The van der Waals surface area contributed by atoms with E-state index in [0.717, 1.165) is 23.1 Å². The number of amides is 1. The number of fused-ring (bicyclic) bond motifs is 1. The number of carbonyl (C=O) groups is 1. The lowest BCUT2D eigenvalue weighted by atomic mass is 10.0. The van der Waals surface area contributed by atoms with Crippen molar-refractivity contribution in [3.8, 4) is 5.75 Å². The highest BCUT2D eigenvalue weighted by Gasteiger charge is 2.17. The third-order valence-electron chi connectivity index (χ3n) is 5.12. The quantitative estimate of drug-likeness (QED) is 0.601. The molecule has 30 heavy (non-hydrogen) atoms. The number of benzene rings is 1. The fourth-order valence-electron chi connectivity index (χ4n) is 3.28. The molecule has 1 atom stereocenters. The number of halogens is 1. The molecule has 7 heteroatoms. The highest BCUT2D eigenvalue weighted by molar-refractivity contribution is 6.35. The van der Waals surface area contributed by atoms with Crippen molar-refractivity contribution in [3.05, 3.63) is 67.7 Å². The molecule has 0 saturated heterocycles. The van der Waals surface area contributed by atoms with Crippen LogP contribution in [0.3, 0.4) is 0 Å². The van der Waals surface area contributed by atoms with Crippen molar-refractivity contribution in [2.24, 2.45) is 0 Å². The standard InChI is InChI=1S/C23H26ClN3O3/c1-6-14(4)30-20-10-13(3)27-23(29)18(20)11-25-22(28)16-7-8-17-19(24)9-12(2)26-21(17)15(16)5/h7-10,14H,6,11H2,1-5H3,(H,25,28)(H,27,29). The molecule has 0 saturated carbocycles. The van der Waals surface area contributed by atoms with E-state index in [4.69, 9.17) is 16.3 Å². The Balaban J connectivity index is 1.89. The van der Waals surface area contributed by atoms with Crippen LogP contribution in [0.25, 0.3) is 10.9 Å². The lowest BCUT2D eigenvalue weighted by Gasteiger charge is -2.17. The lowest BCUT2D eigenvalue weighted by molar-refractivity contribution is 0.0950. The topological polar surface area (TPSA) is 84.1 Å². The summed E-state index contributed by atoms with van der Waals surface area (Å²) >= 11 is 6.32. The van der Waals surface area contributed by atoms with Crippen LogP contribution in [-0.2, 0) is 6.54 Å². The van der Waals surface area contributed by atoms with E-state index in [1.165, 1.54) is 0 Å². The Hall–Kier alpha value is -2.86. The first-order valence-corrected chi connectivity index (χ1v) is 10.3. The Morgan fingerprint density at radius 1 is 1.27 bits per heavy atom. The molecular formula is C23H26ClN3O3. The smallest absolute Gasteiger partial charge is 0.256 e. The average Bonchev–Trinajstić information content (AvgIpc) is 2.67. The number of nitrogens with zero attached hydrogens (tertiary/aromatic N) is 1. The van der Waals surface area contributed by atoms with Gasteiger partial charge in [0.05, 0.1) is 28.8 Å². The second-order valence-electron chi connectivity index (χ2n) is 7.52. The first kappa shape index (κ1) is 21.8. The summed E-state index contributed by atoms with van der Waals surface area (Å²) in [5.74, 6) is 0.202. The van der Waals surface area contributed by atoms with Gasteiger partial charge in [0.1, 0.15) is 5.75 Å². The second-order valence-corrected chi connectivity index (χ2v) is 7.93. The van der Waals surface area contributed by atoms with E-state index in [9.17, 15) is 9.59 Å². The minimum atomic E-state index is -0.289. The van der Waals surface area contributed by atoms with Crippen molar-refractivity contribution >= 4 is 28.4 Å². The molecule has 6 nitrogen and oxygen atoms in total. The first-order chi connectivity index (χ1) is 14.2. The Bertz CT molecular complexity index is 1170. The van der Waals surface area contributed by atoms with Crippen LogP contribution in [0.4, 0.5) is 0 Å². The summed E-state index contributed by atoms with van der Waals surface area (Å²) in [5.41, 5.74) is 3.54. The van der Waals surface area contributed by atoms with Crippen molar-refractivity contribution in [1.82, 2.24) is 15.3 Å². The van der Waals surface area contributed by atoms with Crippen LogP contribution in [0.5, 0.6) is 5.75 Å². The third kappa shape index (κ3) is 4.49. The molecule has 158 valence electrons. The molecule has 2 N–H and O–H groups in total. The van der Waals surface area contributed by atoms with Crippen LogP contribution in [0.1, 0.15) is 53.1 Å². The highest BCUT2D eigenvalue weighted by atomic mass is 35.5. The summed E-state index contributed by atoms with van der Waals surface area (Å²) in [6.45, 7) is 9.51. The van der Waals surface area contributed by atoms with Crippen LogP contribution in [0.15, 0.2) is 29.1 Å². The fraction of sp³-hybridized carbons (Fsp3) is 0.348. The molecule has 0 fully saturated rings. The average molecular weight is 428 g/mol. The molecule has 0 aliphatic carbocycles. The largest absolute Gasteiger partial charge is 0.490 e. The Kier molecular flexibility index (Phi) is 6.46. The molecule has 2 aromatic heterocycles. The number of hydrogen-bond acceptors (Lipinski definition) is 4. The van der Waals surface area contributed by atoms with Gasteiger partial charge in [0.2, 0.25) is 0 Å². The lowest BCUT2D eigenvalue weighted by Crippen LogP contribution is -2.29. The van der Waals surface area contributed by atoms with E-state index < -0.39 is 0 Å². The van der Waals surface area contributed by atoms with Crippen LogP contribution in [0.2, 0.25) is 5.02 Å². The number of aryl methyl sites for hydroxylation is 3. The van der Waals surface area contributed by atoms with Crippen molar-refractivity contribution in [2.75, 3.05) is 0 Å². The molecule has 3 rings (SSSR count). The zero-order valence-corrected chi connectivity index (χ0v) is 18.6. The summed E-state index contributed by atoms with van der Waals surface area (Å²) in [5, 5.41) is 4.25. The van der Waals surface area contributed by atoms with Gasteiger partial charge in [0, 0.05) is 22.3 Å². The first-order valence-electron chi connectivity index (χ1n) is 9.95. The molecule has 2 heterocycles. The Morgan fingerprint density at radius 3 is 2.70 bits per heavy atom. The molecular weight excluding hydrogens is 402 g/mol. The van der Waals surface area contributed by atoms with Gasteiger partial charge in [-0.15, -0.1) is 0 Å². The van der Waals surface area contributed by atoms with Gasteiger partial charge in [-0.2, -0.15) is 0 Å². The summed E-state index contributed by atoms with van der Waals surface area (Å²) < 4.78 is 5.91. The second kappa shape index (κ2) is 8.88. The summed E-state index contributed by atoms with van der Waals surface area (Å²) in [4.78, 5) is 32.7.